The summed E-state index contributed by atoms with van der Waals surface area (Å²) in [5.41, 5.74) is 10.1. The summed E-state index contributed by atoms with van der Waals surface area (Å²) in [6.45, 7) is 9.13. The Labute approximate surface area is 165 Å². The highest BCUT2D eigenvalue weighted by atomic mass is 14.3. The Balaban J connectivity index is 1.68. The Hall–Kier alpha value is -2.08. The van der Waals surface area contributed by atoms with Crippen LogP contribution in [0.25, 0.3) is 0 Å². The highest BCUT2D eigenvalue weighted by Gasteiger charge is 2.30. The fourth-order valence-corrected chi connectivity index (χ4v) is 5.15. The van der Waals surface area contributed by atoms with Gasteiger partial charge in [0, 0.05) is 5.92 Å². The lowest BCUT2D eigenvalue weighted by Crippen LogP contribution is -2.03. The molecular weight excluding hydrogens is 324 g/mol. The monoisotopic (exact) mass is 356 g/mol. The Kier molecular flexibility index (Phi) is 5.34. The van der Waals surface area contributed by atoms with Crippen LogP contribution in [0.15, 0.2) is 88.6 Å². The zero-order chi connectivity index (χ0) is 18.8. The number of hydrogen-bond acceptors (Lipinski definition) is 0. The zero-order valence-corrected chi connectivity index (χ0v) is 16.9. The van der Waals surface area contributed by atoms with E-state index in [9.17, 15) is 0 Å². The lowest BCUT2D eigenvalue weighted by atomic mass is 9.84. The van der Waals surface area contributed by atoms with Gasteiger partial charge in [-0.05, 0) is 66.0 Å². The van der Waals surface area contributed by atoms with Gasteiger partial charge in [0.25, 0.3) is 0 Å². The largest absolute Gasteiger partial charge is 0.0952 e. The lowest BCUT2D eigenvalue weighted by Gasteiger charge is -2.19. The first-order valence-corrected chi connectivity index (χ1v) is 10.7. The average Bonchev–Trinajstić information content (AvgIpc) is 3.42. The average molecular weight is 357 g/mol. The molecule has 0 spiro atoms. The maximum Gasteiger partial charge on any atom is 0.0311 e. The van der Waals surface area contributed by atoms with Crippen molar-refractivity contribution in [3.63, 3.8) is 0 Å². The Morgan fingerprint density at radius 2 is 1.81 bits per heavy atom. The quantitative estimate of drug-likeness (QED) is 0.487. The Bertz CT molecular complexity index is 835. The molecule has 3 aliphatic rings. The Morgan fingerprint density at radius 3 is 2.48 bits per heavy atom. The van der Waals surface area contributed by atoms with Gasteiger partial charge in [0.05, 0.1) is 0 Å². The topological polar surface area (TPSA) is 0 Å². The van der Waals surface area contributed by atoms with Crippen molar-refractivity contribution in [2.75, 3.05) is 0 Å². The fourth-order valence-electron chi connectivity index (χ4n) is 5.15. The smallest absolute Gasteiger partial charge is 0.0311 e. The standard InChI is InChI=1S/C27H32/c1-4-21-14-15-24(17-21)26-18-25(19(2)16-22-10-8-9-11-22)20(3)27(26)23-12-6-5-7-13-23/h5-7,12-13,15,17-18,22,27H,2,4,8-11,14,16H2,1,3H3. The second-order valence-corrected chi connectivity index (χ2v) is 8.52. The summed E-state index contributed by atoms with van der Waals surface area (Å²) in [4.78, 5) is 0. The predicted molar refractivity (Wildman–Crippen MR) is 117 cm³/mol. The molecule has 0 heterocycles. The molecule has 1 atom stereocenters. The molecule has 1 aromatic carbocycles. The second kappa shape index (κ2) is 7.89. The first kappa shape index (κ1) is 18.3. The van der Waals surface area contributed by atoms with Crippen molar-refractivity contribution in [3.8, 4) is 0 Å². The molecule has 0 heteroatoms. The first-order chi connectivity index (χ1) is 13.2. The molecule has 1 unspecified atom stereocenters. The van der Waals surface area contributed by atoms with E-state index >= 15 is 0 Å². The van der Waals surface area contributed by atoms with E-state index in [1.54, 1.807) is 5.57 Å². The highest BCUT2D eigenvalue weighted by Crippen LogP contribution is 2.47. The van der Waals surface area contributed by atoms with Crippen LogP contribution in [0.5, 0.6) is 0 Å². The maximum atomic E-state index is 4.53. The van der Waals surface area contributed by atoms with Crippen LogP contribution >= 0.6 is 0 Å². The van der Waals surface area contributed by atoms with Crippen LogP contribution in [0.2, 0.25) is 0 Å². The molecule has 0 saturated heterocycles. The molecule has 4 rings (SSSR count). The number of hydrogen-bond donors (Lipinski definition) is 0. The van der Waals surface area contributed by atoms with Gasteiger partial charge in [0.2, 0.25) is 0 Å². The molecule has 0 nitrogen and oxygen atoms in total. The predicted octanol–water partition coefficient (Wildman–Crippen LogP) is 7.83. The van der Waals surface area contributed by atoms with Crippen molar-refractivity contribution in [1.29, 1.82) is 0 Å². The minimum absolute atomic E-state index is 0.375. The third kappa shape index (κ3) is 3.68. The van der Waals surface area contributed by atoms with E-state index in [1.165, 1.54) is 65.5 Å². The number of rotatable bonds is 6. The van der Waals surface area contributed by atoms with E-state index < -0.39 is 0 Å². The van der Waals surface area contributed by atoms with E-state index in [0.29, 0.717) is 5.92 Å². The van der Waals surface area contributed by atoms with Gasteiger partial charge in [0.1, 0.15) is 0 Å². The van der Waals surface area contributed by atoms with Gasteiger partial charge in [-0.25, -0.2) is 0 Å². The van der Waals surface area contributed by atoms with Crippen LogP contribution in [0, 0.1) is 5.92 Å². The summed E-state index contributed by atoms with van der Waals surface area (Å²) in [6.07, 6.45) is 16.3. The summed E-state index contributed by atoms with van der Waals surface area (Å²) in [5, 5.41) is 0. The molecule has 3 aliphatic carbocycles. The van der Waals surface area contributed by atoms with E-state index in [4.69, 9.17) is 0 Å². The summed E-state index contributed by atoms with van der Waals surface area (Å²) < 4.78 is 0. The van der Waals surface area contributed by atoms with Gasteiger partial charge in [-0.1, -0.05) is 92.8 Å². The Morgan fingerprint density at radius 1 is 1.07 bits per heavy atom. The molecule has 0 radical (unpaired) electrons. The molecule has 1 aromatic rings. The third-order valence-corrected chi connectivity index (χ3v) is 6.72. The number of benzene rings is 1. The number of allylic oxidation sites excluding steroid dienone is 9. The lowest BCUT2D eigenvalue weighted by molar-refractivity contribution is 0.547. The van der Waals surface area contributed by atoms with Gasteiger partial charge in [-0.15, -0.1) is 0 Å². The third-order valence-electron chi connectivity index (χ3n) is 6.72. The second-order valence-electron chi connectivity index (χ2n) is 8.52. The van der Waals surface area contributed by atoms with Crippen LogP contribution in [-0.2, 0) is 0 Å². The molecular formula is C27H32. The van der Waals surface area contributed by atoms with Gasteiger partial charge in [-0.3, -0.25) is 0 Å². The molecule has 0 aromatic heterocycles. The van der Waals surface area contributed by atoms with Gasteiger partial charge in [0.15, 0.2) is 0 Å². The van der Waals surface area contributed by atoms with E-state index in [1.807, 2.05) is 0 Å². The molecule has 1 saturated carbocycles. The molecule has 140 valence electrons. The van der Waals surface area contributed by atoms with Crippen LogP contribution < -0.4 is 0 Å². The first-order valence-electron chi connectivity index (χ1n) is 10.7. The van der Waals surface area contributed by atoms with Gasteiger partial charge >= 0.3 is 0 Å². The van der Waals surface area contributed by atoms with Crippen molar-refractivity contribution in [2.24, 2.45) is 5.92 Å². The minimum Gasteiger partial charge on any atom is -0.0952 e. The zero-order valence-electron chi connectivity index (χ0n) is 16.9. The van der Waals surface area contributed by atoms with Crippen molar-refractivity contribution < 1.29 is 0 Å². The van der Waals surface area contributed by atoms with Crippen LogP contribution in [0.3, 0.4) is 0 Å². The van der Waals surface area contributed by atoms with Gasteiger partial charge in [-0.2, -0.15) is 0 Å². The van der Waals surface area contributed by atoms with E-state index in [-0.39, 0.29) is 0 Å². The van der Waals surface area contributed by atoms with Crippen molar-refractivity contribution in [1.82, 2.24) is 0 Å². The fraction of sp³-hybridized carbons (Fsp3) is 0.407. The SMILES string of the molecule is C=C(CC1CCCC1)C1=C(C)C(c2ccccc2)C(C2=CCC(CC)=C2)=C1. The van der Waals surface area contributed by atoms with E-state index in [2.05, 4.69) is 69.0 Å². The molecule has 0 N–H and O–H groups in total. The summed E-state index contributed by atoms with van der Waals surface area (Å²) in [6, 6.07) is 11.0. The van der Waals surface area contributed by atoms with Crippen LogP contribution in [-0.4, -0.2) is 0 Å². The summed E-state index contributed by atoms with van der Waals surface area (Å²) >= 11 is 0. The summed E-state index contributed by atoms with van der Waals surface area (Å²) in [7, 11) is 0. The van der Waals surface area contributed by atoms with Crippen molar-refractivity contribution in [3.05, 3.63) is 94.1 Å². The minimum atomic E-state index is 0.375. The van der Waals surface area contributed by atoms with Crippen LogP contribution in [0.1, 0.15) is 70.3 Å². The highest BCUT2D eigenvalue weighted by molar-refractivity contribution is 5.65. The van der Waals surface area contributed by atoms with Crippen molar-refractivity contribution in [2.45, 2.75) is 64.7 Å². The normalized spacial score (nSPS) is 22.9. The maximum absolute atomic E-state index is 4.53. The van der Waals surface area contributed by atoms with Gasteiger partial charge < -0.3 is 0 Å². The molecule has 0 amide bonds. The molecule has 0 bridgehead atoms. The van der Waals surface area contributed by atoms with E-state index in [0.717, 1.165) is 18.8 Å². The molecule has 1 fully saturated rings. The van der Waals surface area contributed by atoms with Crippen LogP contribution in [0.4, 0.5) is 0 Å². The van der Waals surface area contributed by atoms with Crippen molar-refractivity contribution >= 4 is 0 Å². The molecule has 27 heavy (non-hydrogen) atoms. The summed E-state index contributed by atoms with van der Waals surface area (Å²) in [5.74, 6) is 1.22. The molecule has 0 aliphatic heterocycles.